The van der Waals surface area contributed by atoms with Crippen molar-refractivity contribution in [2.75, 3.05) is 6.54 Å². The lowest BCUT2D eigenvalue weighted by Gasteiger charge is -2.23. The third kappa shape index (κ3) is 6.44. The Morgan fingerprint density at radius 3 is 2.66 bits per heavy atom. The van der Waals surface area contributed by atoms with Gasteiger partial charge >= 0.3 is 0 Å². The average molecular weight is 440 g/mol. The molecule has 0 aromatic heterocycles. The van der Waals surface area contributed by atoms with Gasteiger partial charge in [0.05, 0.1) is 28.7 Å². The second kappa shape index (κ2) is 9.59. The minimum Gasteiger partial charge on any atom is -0.391 e. The quantitative estimate of drug-likeness (QED) is 0.497. The number of carbonyl (C=O) groups is 3. The van der Waals surface area contributed by atoms with Crippen LogP contribution in [0.3, 0.4) is 0 Å². The Morgan fingerprint density at radius 1 is 1.24 bits per heavy atom. The van der Waals surface area contributed by atoms with Crippen molar-refractivity contribution in [3.8, 4) is 0 Å². The van der Waals surface area contributed by atoms with Crippen LogP contribution < -0.4 is 5.32 Å². The number of ketones is 1. The lowest BCUT2D eigenvalue weighted by molar-refractivity contribution is -0.135. The van der Waals surface area contributed by atoms with Crippen molar-refractivity contribution in [3.63, 3.8) is 0 Å². The number of benzene rings is 1. The van der Waals surface area contributed by atoms with E-state index in [1.807, 2.05) is 0 Å². The van der Waals surface area contributed by atoms with Crippen LogP contribution in [0, 0.1) is 0 Å². The Bertz CT molecular complexity index is 839. The van der Waals surface area contributed by atoms with Crippen LogP contribution in [0.25, 0.3) is 0 Å². The van der Waals surface area contributed by atoms with E-state index in [0.29, 0.717) is 22.2 Å². The Morgan fingerprint density at radius 2 is 2.00 bits per heavy atom. The van der Waals surface area contributed by atoms with E-state index in [1.54, 1.807) is 23.1 Å². The molecule has 1 atom stereocenters. The van der Waals surface area contributed by atoms with Gasteiger partial charge < -0.3 is 15.1 Å². The third-order valence-corrected chi connectivity index (χ3v) is 5.50. The summed E-state index contributed by atoms with van der Waals surface area (Å²) in [7, 11) is 0. The topological polar surface area (TPSA) is 88.1 Å². The number of nitrogens with one attached hydrogen (secondary N) is 1. The van der Waals surface area contributed by atoms with Gasteiger partial charge in [-0.3, -0.25) is 14.4 Å². The molecule has 1 N–H and O–H groups in total. The molecule has 29 heavy (non-hydrogen) atoms. The van der Waals surface area contributed by atoms with E-state index in [9.17, 15) is 14.4 Å². The van der Waals surface area contributed by atoms with E-state index in [2.05, 4.69) is 10.5 Å². The number of nitrogens with zero attached hydrogens (tertiary/aromatic N) is 2. The SMILES string of the molecule is CC(=O)CC(=O)N1CC(=NOCc2ccc(Cl)c(Cl)c2)C[C@H]1CC(=O)NC1CC1. The van der Waals surface area contributed by atoms with Gasteiger partial charge in [-0.25, -0.2) is 0 Å². The summed E-state index contributed by atoms with van der Waals surface area (Å²) in [6.07, 6.45) is 2.44. The van der Waals surface area contributed by atoms with Gasteiger partial charge in [-0.1, -0.05) is 34.4 Å². The molecule has 156 valence electrons. The monoisotopic (exact) mass is 439 g/mol. The lowest BCUT2D eigenvalue weighted by Crippen LogP contribution is -2.40. The first-order valence-corrected chi connectivity index (χ1v) is 10.3. The van der Waals surface area contributed by atoms with E-state index in [-0.39, 0.29) is 55.7 Å². The van der Waals surface area contributed by atoms with Crippen molar-refractivity contribution < 1.29 is 19.2 Å². The van der Waals surface area contributed by atoms with Gasteiger partial charge in [0, 0.05) is 24.9 Å². The maximum atomic E-state index is 12.4. The summed E-state index contributed by atoms with van der Waals surface area (Å²) >= 11 is 11.9. The van der Waals surface area contributed by atoms with Crippen molar-refractivity contribution >= 4 is 46.5 Å². The molecule has 2 amide bonds. The second-order valence-electron chi connectivity index (χ2n) is 7.48. The van der Waals surface area contributed by atoms with Gasteiger partial charge in [0.25, 0.3) is 0 Å². The summed E-state index contributed by atoms with van der Waals surface area (Å²) < 4.78 is 0. The average Bonchev–Trinajstić information content (AvgIpc) is 3.36. The van der Waals surface area contributed by atoms with E-state index in [4.69, 9.17) is 28.0 Å². The van der Waals surface area contributed by atoms with Crippen LogP contribution in [0.5, 0.6) is 0 Å². The van der Waals surface area contributed by atoms with Gasteiger partial charge in [0.1, 0.15) is 12.4 Å². The molecule has 0 radical (unpaired) electrons. The maximum absolute atomic E-state index is 12.4. The third-order valence-electron chi connectivity index (χ3n) is 4.76. The number of oxime groups is 1. The number of amides is 2. The van der Waals surface area contributed by atoms with Gasteiger partial charge in [0.15, 0.2) is 0 Å². The fraction of sp³-hybridized carbons (Fsp3) is 0.500. The normalized spacial score (nSPS) is 20.0. The van der Waals surface area contributed by atoms with Crippen LogP contribution in [-0.2, 0) is 25.8 Å². The molecule has 1 aliphatic heterocycles. The molecule has 2 fully saturated rings. The number of Topliss-reactive ketones (excluding diaryl/α,β-unsaturated/α-hetero) is 1. The molecule has 1 saturated carbocycles. The molecular weight excluding hydrogens is 417 g/mol. The summed E-state index contributed by atoms with van der Waals surface area (Å²) in [6, 6.07) is 5.10. The predicted molar refractivity (Wildman–Crippen MR) is 110 cm³/mol. The fourth-order valence-electron chi connectivity index (χ4n) is 3.18. The van der Waals surface area contributed by atoms with Crippen molar-refractivity contribution in [1.29, 1.82) is 0 Å². The minimum atomic E-state index is -0.326. The highest BCUT2D eigenvalue weighted by molar-refractivity contribution is 6.42. The van der Waals surface area contributed by atoms with E-state index >= 15 is 0 Å². The highest BCUT2D eigenvalue weighted by atomic mass is 35.5. The first kappa shape index (κ1) is 21.6. The number of hydrogen-bond donors (Lipinski definition) is 1. The summed E-state index contributed by atoms with van der Waals surface area (Å²) in [5.74, 6) is -0.593. The molecule has 1 aliphatic carbocycles. The molecule has 1 saturated heterocycles. The van der Waals surface area contributed by atoms with Crippen LogP contribution in [0.1, 0.15) is 44.6 Å². The molecule has 9 heteroatoms. The zero-order chi connectivity index (χ0) is 21.0. The lowest BCUT2D eigenvalue weighted by atomic mass is 10.1. The summed E-state index contributed by atoms with van der Waals surface area (Å²) in [5, 5.41) is 7.97. The zero-order valence-corrected chi connectivity index (χ0v) is 17.6. The van der Waals surface area contributed by atoms with Crippen LogP contribution in [0.15, 0.2) is 23.4 Å². The van der Waals surface area contributed by atoms with Crippen molar-refractivity contribution in [2.24, 2.45) is 5.16 Å². The smallest absolute Gasteiger partial charge is 0.230 e. The molecule has 3 rings (SSSR count). The van der Waals surface area contributed by atoms with Crippen molar-refractivity contribution in [3.05, 3.63) is 33.8 Å². The van der Waals surface area contributed by atoms with Gasteiger partial charge in [-0.2, -0.15) is 0 Å². The highest BCUT2D eigenvalue weighted by Gasteiger charge is 2.35. The van der Waals surface area contributed by atoms with Crippen LogP contribution in [0.2, 0.25) is 10.0 Å². The number of likely N-dealkylation sites (tertiary alicyclic amines) is 1. The number of hydrogen-bond acceptors (Lipinski definition) is 5. The fourth-order valence-corrected chi connectivity index (χ4v) is 3.50. The van der Waals surface area contributed by atoms with Crippen molar-refractivity contribution in [1.82, 2.24) is 10.2 Å². The molecular formula is C20H23Cl2N3O4. The van der Waals surface area contributed by atoms with Crippen LogP contribution in [-0.4, -0.2) is 46.8 Å². The van der Waals surface area contributed by atoms with E-state index in [1.165, 1.54) is 6.92 Å². The molecule has 0 bridgehead atoms. The minimum absolute atomic E-state index is 0.0869. The summed E-state index contributed by atoms with van der Waals surface area (Å²) in [4.78, 5) is 43.0. The Kier molecular flexibility index (Phi) is 7.14. The molecule has 7 nitrogen and oxygen atoms in total. The Hall–Kier alpha value is -2.12. The van der Waals surface area contributed by atoms with Crippen LogP contribution >= 0.6 is 23.2 Å². The maximum Gasteiger partial charge on any atom is 0.230 e. The number of carbonyl (C=O) groups excluding carboxylic acids is 3. The molecule has 0 unspecified atom stereocenters. The first-order valence-electron chi connectivity index (χ1n) is 9.51. The standard InChI is InChI=1S/C20H23Cl2N3O4/c1-12(26)6-20(28)25-10-15(8-16(25)9-19(27)23-14-3-4-14)24-29-11-13-2-5-17(21)18(22)7-13/h2,5,7,14,16H,3-4,6,8-11H2,1H3,(H,23,27)/t16-/m0/s1. The molecule has 1 heterocycles. The Labute approximate surface area is 179 Å². The van der Waals surface area contributed by atoms with Crippen molar-refractivity contribution in [2.45, 2.75) is 57.7 Å². The number of halogens is 2. The van der Waals surface area contributed by atoms with Gasteiger partial charge in [0.2, 0.25) is 11.8 Å². The molecule has 1 aromatic rings. The zero-order valence-electron chi connectivity index (χ0n) is 16.1. The predicted octanol–water partition coefficient (Wildman–Crippen LogP) is 3.11. The highest BCUT2D eigenvalue weighted by Crippen LogP contribution is 2.24. The second-order valence-corrected chi connectivity index (χ2v) is 8.30. The van der Waals surface area contributed by atoms with Crippen LogP contribution in [0.4, 0.5) is 0 Å². The Balaban J connectivity index is 1.61. The molecule has 0 spiro atoms. The van der Waals surface area contributed by atoms with Gasteiger partial charge in [-0.15, -0.1) is 0 Å². The van der Waals surface area contributed by atoms with Gasteiger partial charge in [-0.05, 0) is 37.5 Å². The number of rotatable bonds is 8. The van der Waals surface area contributed by atoms with E-state index < -0.39 is 0 Å². The first-order chi connectivity index (χ1) is 13.8. The summed E-state index contributed by atoms with van der Waals surface area (Å²) in [5.41, 5.74) is 1.47. The largest absolute Gasteiger partial charge is 0.391 e. The molecule has 1 aromatic carbocycles. The van der Waals surface area contributed by atoms with E-state index in [0.717, 1.165) is 18.4 Å². The summed E-state index contributed by atoms with van der Waals surface area (Å²) in [6.45, 7) is 1.82. The molecule has 2 aliphatic rings.